The van der Waals surface area contributed by atoms with Crippen LogP contribution in [-0.2, 0) is 20.9 Å². The number of thiazole rings is 1. The fourth-order valence-corrected chi connectivity index (χ4v) is 7.87. The van der Waals surface area contributed by atoms with Gasteiger partial charge < -0.3 is 5.32 Å². The van der Waals surface area contributed by atoms with E-state index >= 15 is 0 Å². The van der Waals surface area contributed by atoms with Crippen LogP contribution in [0.25, 0.3) is 0 Å². The third kappa shape index (κ3) is 4.49. The molecule has 0 spiro atoms. The van der Waals surface area contributed by atoms with Crippen LogP contribution in [0.4, 0.5) is 15.8 Å². The average molecular weight is 560 g/mol. The predicted octanol–water partition coefficient (Wildman–Crippen LogP) is 4.79. The number of aryl methyl sites for hydroxylation is 1. The van der Waals surface area contributed by atoms with Gasteiger partial charge in [0.2, 0.25) is 17.7 Å². The number of aromatic nitrogens is 1. The number of hydrogen-bond acceptors (Lipinski definition) is 6. The summed E-state index contributed by atoms with van der Waals surface area (Å²) in [6.45, 7) is 1.67. The van der Waals surface area contributed by atoms with Crippen LogP contribution in [0.2, 0.25) is 0 Å². The smallest absolute Gasteiger partial charge is 0.308 e. The van der Waals surface area contributed by atoms with Crippen molar-refractivity contribution < 1.29 is 18.8 Å². The maximum atomic E-state index is 13.8. The summed E-state index contributed by atoms with van der Waals surface area (Å²) in [7, 11) is 0. The van der Waals surface area contributed by atoms with E-state index in [4.69, 9.17) is 0 Å². The fraction of sp³-hybridized carbons (Fsp3) is 0.172. The Morgan fingerprint density at radius 3 is 2.31 bits per heavy atom. The number of carbonyl (C=O) groups is 3. The predicted molar refractivity (Wildman–Crippen MR) is 149 cm³/mol. The number of carbonyl (C=O) groups excluding carboxylic acids is 3. The molecule has 0 aliphatic carbocycles. The second-order valence-electron chi connectivity index (χ2n) is 9.48. The molecule has 1 N–H and O–H groups in total. The van der Waals surface area contributed by atoms with Crippen LogP contribution < -0.4 is 15.1 Å². The zero-order valence-electron chi connectivity index (χ0n) is 20.7. The van der Waals surface area contributed by atoms with E-state index in [9.17, 15) is 23.6 Å². The van der Waals surface area contributed by atoms with Crippen molar-refractivity contribution in [2.24, 2.45) is 5.92 Å². The van der Waals surface area contributed by atoms with Crippen molar-refractivity contribution >= 4 is 52.2 Å². The lowest BCUT2D eigenvalue weighted by atomic mass is 9.83. The van der Waals surface area contributed by atoms with Gasteiger partial charge in [-0.3, -0.25) is 23.7 Å². The van der Waals surface area contributed by atoms with Crippen LogP contribution in [0.1, 0.15) is 21.9 Å². The summed E-state index contributed by atoms with van der Waals surface area (Å²) in [5.41, 5.74) is 2.70. The number of nitrogens with zero attached hydrogens (tertiary/aromatic N) is 2. The molecular weight excluding hydrogens is 537 g/mol. The van der Waals surface area contributed by atoms with Gasteiger partial charge in [0.05, 0.1) is 16.6 Å². The lowest BCUT2D eigenvalue weighted by Crippen LogP contribution is -2.33. The number of nitrogens with one attached hydrogen (secondary N) is 1. The maximum Gasteiger partial charge on any atom is 0.308 e. The molecule has 0 radical (unpaired) electrons. The first kappa shape index (κ1) is 25.3. The summed E-state index contributed by atoms with van der Waals surface area (Å²) in [5.74, 6) is -2.99. The van der Waals surface area contributed by atoms with Gasteiger partial charge in [-0.2, -0.15) is 0 Å². The van der Waals surface area contributed by atoms with Gasteiger partial charge in [-0.1, -0.05) is 71.1 Å². The van der Waals surface area contributed by atoms with Gasteiger partial charge in [-0.05, 0) is 48.9 Å². The SMILES string of the molecule is Cc1ccc(N2C(=O)C3Sc4c(sc(=O)n4CC(=O)Nc4ccccc4)[C@@H](c4ccc(F)cc4)C3C2=O)cc1. The lowest BCUT2D eigenvalue weighted by molar-refractivity contribution is -0.122. The van der Waals surface area contributed by atoms with Gasteiger partial charge in [0.1, 0.15) is 17.6 Å². The summed E-state index contributed by atoms with van der Waals surface area (Å²) < 4.78 is 15.2. The second-order valence-corrected chi connectivity index (χ2v) is 11.6. The van der Waals surface area contributed by atoms with Crippen molar-refractivity contribution in [1.82, 2.24) is 4.57 Å². The molecule has 2 aliphatic rings. The minimum Gasteiger partial charge on any atom is -0.325 e. The van der Waals surface area contributed by atoms with E-state index in [1.807, 2.05) is 25.1 Å². The third-order valence-corrected chi connectivity index (χ3v) is 9.53. The molecule has 1 fully saturated rings. The minimum atomic E-state index is -0.807. The topological polar surface area (TPSA) is 88.5 Å². The molecule has 1 aromatic heterocycles. The molecule has 0 bridgehead atoms. The highest BCUT2D eigenvalue weighted by Crippen LogP contribution is 2.53. The molecular formula is C29H22FN3O4S2. The van der Waals surface area contributed by atoms with Crippen LogP contribution in [0.5, 0.6) is 0 Å². The van der Waals surface area contributed by atoms with Crippen molar-refractivity contribution in [2.45, 2.75) is 29.7 Å². The Labute approximate surface area is 231 Å². The monoisotopic (exact) mass is 559 g/mol. The molecule has 2 unspecified atom stereocenters. The Morgan fingerprint density at radius 1 is 0.923 bits per heavy atom. The number of rotatable bonds is 5. The zero-order valence-corrected chi connectivity index (χ0v) is 22.3. The van der Waals surface area contributed by atoms with E-state index in [1.54, 1.807) is 48.5 Å². The van der Waals surface area contributed by atoms with Gasteiger partial charge in [-0.25, -0.2) is 9.29 Å². The zero-order chi connectivity index (χ0) is 27.3. The molecule has 4 aromatic rings. The molecule has 1 saturated heterocycles. The highest BCUT2D eigenvalue weighted by Gasteiger charge is 2.56. The Morgan fingerprint density at radius 2 is 1.62 bits per heavy atom. The van der Waals surface area contributed by atoms with Gasteiger partial charge in [0, 0.05) is 16.5 Å². The van der Waals surface area contributed by atoms with E-state index < -0.39 is 22.9 Å². The van der Waals surface area contributed by atoms with Gasteiger partial charge in [0.15, 0.2) is 0 Å². The van der Waals surface area contributed by atoms with E-state index in [1.165, 1.54) is 21.6 Å². The molecule has 0 saturated carbocycles. The van der Waals surface area contributed by atoms with Gasteiger partial charge in [0.25, 0.3) is 0 Å². The van der Waals surface area contributed by atoms with Crippen LogP contribution in [-0.4, -0.2) is 27.5 Å². The van der Waals surface area contributed by atoms with Gasteiger partial charge in [-0.15, -0.1) is 0 Å². The van der Waals surface area contributed by atoms with E-state index in [2.05, 4.69) is 5.32 Å². The first-order valence-electron chi connectivity index (χ1n) is 12.3. The van der Waals surface area contributed by atoms with Crippen molar-refractivity contribution in [3.63, 3.8) is 0 Å². The summed E-state index contributed by atoms with van der Waals surface area (Å²) >= 11 is 2.10. The molecule has 3 heterocycles. The molecule has 2 aliphatic heterocycles. The molecule has 3 amide bonds. The fourth-order valence-electron chi connectivity index (χ4n) is 5.10. The first-order chi connectivity index (χ1) is 18.8. The first-order valence-corrected chi connectivity index (χ1v) is 14.0. The summed E-state index contributed by atoms with van der Waals surface area (Å²) in [6, 6.07) is 21.8. The summed E-state index contributed by atoms with van der Waals surface area (Å²) in [4.78, 5) is 55.0. The Hall–Kier alpha value is -4.02. The molecule has 39 heavy (non-hydrogen) atoms. The Balaban J connectivity index is 1.42. The van der Waals surface area contributed by atoms with Crippen LogP contribution >= 0.6 is 23.1 Å². The van der Waals surface area contributed by atoms with E-state index in [0.29, 0.717) is 26.8 Å². The summed E-state index contributed by atoms with van der Waals surface area (Å²) in [5, 5.41) is 2.46. The number of halogens is 1. The number of para-hydroxylation sites is 1. The van der Waals surface area contributed by atoms with E-state index in [0.717, 1.165) is 28.7 Å². The quantitative estimate of drug-likeness (QED) is 0.355. The molecule has 3 atom stereocenters. The molecule has 7 nitrogen and oxygen atoms in total. The van der Waals surface area contributed by atoms with Gasteiger partial charge >= 0.3 is 4.87 Å². The lowest BCUT2D eigenvalue weighted by Gasteiger charge is -2.30. The Kier molecular flexibility index (Phi) is 6.44. The number of imide groups is 1. The minimum absolute atomic E-state index is 0.246. The molecule has 196 valence electrons. The van der Waals surface area contributed by atoms with Crippen molar-refractivity contribution in [3.05, 3.63) is 110 Å². The number of benzene rings is 3. The number of thioether (sulfide) groups is 1. The van der Waals surface area contributed by atoms with Crippen molar-refractivity contribution in [2.75, 3.05) is 10.2 Å². The van der Waals surface area contributed by atoms with Crippen LogP contribution in [0.15, 0.2) is 88.7 Å². The van der Waals surface area contributed by atoms with E-state index in [-0.39, 0.29) is 29.1 Å². The number of hydrogen-bond donors (Lipinski definition) is 1. The average Bonchev–Trinajstić information content (AvgIpc) is 3.36. The largest absolute Gasteiger partial charge is 0.325 e. The maximum absolute atomic E-state index is 13.8. The molecule has 10 heteroatoms. The van der Waals surface area contributed by atoms with Crippen LogP contribution in [0, 0.1) is 18.7 Å². The third-order valence-electron chi connectivity index (χ3n) is 6.93. The second kappa shape index (κ2) is 9.94. The standard InChI is InChI=1S/C29H22FN3O4S2/c1-16-7-13-20(14-8-16)33-26(35)23-22(17-9-11-18(30)12-10-17)25-28(38-24(23)27(33)36)32(29(37)39-25)15-21(34)31-19-5-3-2-4-6-19/h2-14,22-24H,15H2,1H3,(H,31,34)/t22-,23?,24?/m0/s1. The number of amides is 3. The Bertz CT molecular complexity index is 1650. The van der Waals surface area contributed by atoms with Crippen molar-refractivity contribution in [3.8, 4) is 0 Å². The van der Waals surface area contributed by atoms with Crippen molar-refractivity contribution in [1.29, 1.82) is 0 Å². The molecule has 6 rings (SSSR count). The highest BCUT2D eigenvalue weighted by molar-refractivity contribution is 8.00. The van der Waals surface area contributed by atoms with Crippen LogP contribution in [0.3, 0.4) is 0 Å². The number of anilines is 2. The number of fused-ring (bicyclic) bond motifs is 2. The normalized spacial score (nSPS) is 20.1. The summed E-state index contributed by atoms with van der Waals surface area (Å²) in [6.07, 6.45) is 0. The molecule has 3 aromatic carbocycles. The highest BCUT2D eigenvalue weighted by atomic mass is 32.2.